The molecule has 19 heavy (non-hydrogen) atoms. The molecule has 0 atom stereocenters. The molecule has 0 aliphatic heterocycles. The zero-order valence-corrected chi connectivity index (χ0v) is 9.95. The Balaban J connectivity index is 3.18. The van der Waals surface area contributed by atoms with E-state index in [1.54, 1.807) is 0 Å². The zero-order chi connectivity index (χ0) is 14.6. The van der Waals surface area contributed by atoms with Crippen molar-refractivity contribution in [1.82, 2.24) is 4.98 Å². The summed E-state index contributed by atoms with van der Waals surface area (Å²) < 4.78 is 44.6. The van der Waals surface area contributed by atoms with Gasteiger partial charge in [-0.05, 0) is 0 Å². The number of rotatable bonds is 4. The quantitative estimate of drug-likeness (QED) is 0.788. The molecule has 0 spiro atoms. The average molecular weight is 279 g/mol. The highest BCUT2D eigenvalue weighted by Crippen LogP contribution is 2.31. The van der Waals surface area contributed by atoms with Gasteiger partial charge in [0.2, 0.25) is 0 Å². The van der Waals surface area contributed by atoms with Crippen LogP contribution in [0.3, 0.4) is 0 Å². The maximum absolute atomic E-state index is 12.1. The Morgan fingerprint density at radius 1 is 1.47 bits per heavy atom. The molecule has 1 heterocycles. The first kappa shape index (κ1) is 15.0. The molecule has 1 aromatic rings. The SMILES string of the molecule is COC(=O)Cc1c(CN)ncc(OC(F)(F)F)c1N. The number of esters is 1. The van der Waals surface area contributed by atoms with E-state index in [1.165, 1.54) is 0 Å². The summed E-state index contributed by atoms with van der Waals surface area (Å²) in [6.45, 7) is -0.0805. The summed E-state index contributed by atoms with van der Waals surface area (Å²) in [6.07, 6.45) is -4.43. The van der Waals surface area contributed by atoms with Crippen LogP contribution in [0.4, 0.5) is 18.9 Å². The fraction of sp³-hybridized carbons (Fsp3) is 0.400. The van der Waals surface area contributed by atoms with Gasteiger partial charge in [0.25, 0.3) is 0 Å². The number of halogens is 3. The lowest BCUT2D eigenvalue weighted by molar-refractivity contribution is -0.274. The number of hydrogen-bond donors (Lipinski definition) is 2. The Bertz CT molecular complexity index is 477. The summed E-state index contributed by atoms with van der Waals surface area (Å²) in [7, 11) is 1.14. The van der Waals surface area contributed by atoms with Crippen LogP contribution >= 0.6 is 0 Å². The summed E-state index contributed by atoms with van der Waals surface area (Å²) in [5.41, 5.74) is 10.9. The monoisotopic (exact) mass is 279 g/mol. The molecular weight excluding hydrogens is 267 g/mol. The number of hydrogen-bond acceptors (Lipinski definition) is 6. The van der Waals surface area contributed by atoms with Gasteiger partial charge in [-0.25, -0.2) is 0 Å². The summed E-state index contributed by atoms with van der Waals surface area (Å²) in [5, 5.41) is 0. The predicted molar refractivity (Wildman–Crippen MR) is 58.9 cm³/mol. The maximum Gasteiger partial charge on any atom is 0.573 e. The van der Waals surface area contributed by atoms with E-state index in [4.69, 9.17) is 11.5 Å². The number of carbonyl (C=O) groups excluding carboxylic acids is 1. The van der Waals surface area contributed by atoms with Crippen molar-refractivity contribution in [2.45, 2.75) is 19.3 Å². The summed E-state index contributed by atoms with van der Waals surface area (Å²) in [5.74, 6) is -1.35. The number of anilines is 1. The summed E-state index contributed by atoms with van der Waals surface area (Å²) >= 11 is 0. The van der Waals surface area contributed by atoms with Crippen LogP contribution in [0.15, 0.2) is 6.20 Å². The second-order valence-corrected chi connectivity index (χ2v) is 3.47. The van der Waals surface area contributed by atoms with Crippen molar-refractivity contribution in [2.75, 3.05) is 12.8 Å². The third-order valence-corrected chi connectivity index (χ3v) is 2.24. The van der Waals surface area contributed by atoms with Crippen molar-refractivity contribution in [2.24, 2.45) is 5.73 Å². The van der Waals surface area contributed by atoms with Gasteiger partial charge in [-0.15, -0.1) is 13.2 Å². The minimum absolute atomic E-state index is 0.0658. The largest absolute Gasteiger partial charge is 0.573 e. The molecule has 0 bridgehead atoms. The van der Waals surface area contributed by atoms with E-state index in [0.29, 0.717) is 0 Å². The van der Waals surface area contributed by atoms with Gasteiger partial charge in [-0.1, -0.05) is 0 Å². The highest BCUT2D eigenvalue weighted by molar-refractivity contribution is 5.76. The van der Waals surface area contributed by atoms with Crippen molar-refractivity contribution < 1.29 is 27.4 Å². The molecule has 106 valence electrons. The fourth-order valence-corrected chi connectivity index (χ4v) is 1.38. The van der Waals surface area contributed by atoms with Crippen molar-refractivity contribution in [3.05, 3.63) is 17.5 Å². The number of carbonyl (C=O) groups is 1. The predicted octanol–water partition coefficient (Wildman–Crippen LogP) is 0.737. The Hall–Kier alpha value is -2.03. The molecule has 0 radical (unpaired) electrons. The zero-order valence-electron chi connectivity index (χ0n) is 9.95. The number of alkyl halides is 3. The summed E-state index contributed by atoms with van der Waals surface area (Å²) in [4.78, 5) is 14.9. The minimum Gasteiger partial charge on any atom is -0.469 e. The van der Waals surface area contributed by atoms with E-state index in [0.717, 1.165) is 13.3 Å². The van der Waals surface area contributed by atoms with E-state index in [2.05, 4.69) is 14.5 Å². The van der Waals surface area contributed by atoms with E-state index in [-0.39, 0.29) is 29.9 Å². The van der Waals surface area contributed by atoms with Gasteiger partial charge >= 0.3 is 12.3 Å². The van der Waals surface area contributed by atoms with Gasteiger partial charge in [0.15, 0.2) is 5.75 Å². The second kappa shape index (κ2) is 5.74. The molecule has 9 heteroatoms. The van der Waals surface area contributed by atoms with Gasteiger partial charge < -0.3 is 20.9 Å². The Kier molecular flexibility index (Phi) is 4.54. The summed E-state index contributed by atoms with van der Waals surface area (Å²) in [6, 6.07) is 0. The first-order valence-electron chi connectivity index (χ1n) is 5.07. The van der Waals surface area contributed by atoms with E-state index >= 15 is 0 Å². The van der Waals surface area contributed by atoms with Crippen molar-refractivity contribution in [1.29, 1.82) is 0 Å². The Morgan fingerprint density at radius 2 is 2.11 bits per heavy atom. The molecular formula is C10H12F3N3O3. The standard InChI is InChI=1S/C10H12F3N3O3/c1-18-8(17)2-5-6(3-14)16-4-7(9(5)15)19-10(11,12)13/h4H,2-3,14H2,1H3,(H2,15,16). The number of methoxy groups -OCH3 is 1. The molecule has 0 aromatic carbocycles. The molecule has 0 fully saturated rings. The van der Waals surface area contributed by atoms with Crippen molar-refractivity contribution >= 4 is 11.7 Å². The molecule has 0 saturated carbocycles. The molecule has 0 aliphatic rings. The average Bonchev–Trinajstić information content (AvgIpc) is 2.32. The Labute approximate surface area is 106 Å². The number of nitrogens with two attached hydrogens (primary N) is 2. The second-order valence-electron chi connectivity index (χ2n) is 3.47. The van der Waals surface area contributed by atoms with E-state index < -0.39 is 18.1 Å². The lowest BCUT2D eigenvalue weighted by Gasteiger charge is -2.15. The fourth-order valence-electron chi connectivity index (χ4n) is 1.38. The van der Waals surface area contributed by atoms with Gasteiger partial charge in [0, 0.05) is 12.1 Å². The van der Waals surface area contributed by atoms with Crippen LogP contribution in [0.2, 0.25) is 0 Å². The van der Waals surface area contributed by atoms with Gasteiger partial charge in [0.05, 0.1) is 31.1 Å². The highest BCUT2D eigenvalue weighted by Gasteiger charge is 2.33. The molecule has 0 unspecified atom stereocenters. The van der Waals surface area contributed by atoms with E-state index in [9.17, 15) is 18.0 Å². The molecule has 0 amide bonds. The van der Waals surface area contributed by atoms with Crippen LogP contribution in [0.5, 0.6) is 5.75 Å². The maximum atomic E-state index is 12.1. The normalized spacial score (nSPS) is 11.2. The van der Waals surface area contributed by atoms with Crippen LogP contribution < -0.4 is 16.2 Å². The first-order valence-corrected chi connectivity index (χ1v) is 5.07. The number of nitrogen functional groups attached to an aromatic ring is 1. The lowest BCUT2D eigenvalue weighted by atomic mass is 10.1. The molecule has 6 nitrogen and oxygen atoms in total. The third-order valence-electron chi connectivity index (χ3n) is 2.24. The number of ether oxygens (including phenoxy) is 2. The molecule has 0 saturated heterocycles. The molecule has 1 aromatic heterocycles. The van der Waals surface area contributed by atoms with Crippen LogP contribution in [-0.4, -0.2) is 24.4 Å². The number of pyridine rings is 1. The highest BCUT2D eigenvalue weighted by atomic mass is 19.4. The third kappa shape index (κ3) is 3.98. The first-order chi connectivity index (χ1) is 8.78. The van der Waals surface area contributed by atoms with Crippen LogP contribution in [0.1, 0.15) is 11.3 Å². The van der Waals surface area contributed by atoms with Crippen LogP contribution in [0.25, 0.3) is 0 Å². The minimum atomic E-state index is -4.90. The molecule has 0 aliphatic carbocycles. The van der Waals surface area contributed by atoms with Crippen molar-refractivity contribution in [3.63, 3.8) is 0 Å². The smallest absolute Gasteiger partial charge is 0.469 e. The Morgan fingerprint density at radius 3 is 2.58 bits per heavy atom. The van der Waals surface area contributed by atoms with Crippen LogP contribution in [-0.2, 0) is 22.5 Å². The van der Waals surface area contributed by atoms with Gasteiger partial charge in [-0.2, -0.15) is 0 Å². The van der Waals surface area contributed by atoms with Crippen molar-refractivity contribution in [3.8, 4) is 5.75 Å². The van der Waals surface area contributed by atoms with Crippen LogP contribution in [0, 0.1) is 0 Å². The topological polar surface area (TPSA) is 100 Å². The molecule has 4 N–H and O–H groups in total. The van der Waals surface area contributed by atoms with Gasteiger partial charge in [-0.3, -0.25) is 9.78 Å². The van der Waals surface area contributed by atoms with Gasteiger partial charge in [0.1, 0.15) is 0 Å². The number of nitrogens with zero attached hydrogens (tertiary/aromatic N) is 1. The lowest BCUT2D eigenvalue weighted by Crippen LogP contribution is -2.20. The molecule has 1 rings (SSSR count). The number of aromatic nitrogens is 1. The van der Waals surface area contributed by atoms with E-state index in [1.807, 2.05) is 0 Å².